The normalized spacial score (nSPS) is 9.62. The van der Waals surface area contributed by atoms with Gasteiger partial charge in [-0.05, 0) is 19.1 Å². The number of benzene rings is 1. The zero-order valence-electron chi connectivity index (χ0n) is 8.92. The summed E-state index contributed by atoms with van der Waals surface area (Å²) >= 11 is 0. The van der Waals surface area contributed by atoms with Gasteiger partial charge in [-0.25, -0.2) is 4.39 Å². The van der Waals surface area contributed by atoms with Gasteiger partial charge in [-0.3, -0.25) is 16.1 Å². The number of nitrogens with zero attached hydrogens (tertiary/aromatic N) is 1. The van der Waals surface area contributed by atoms with Crippen LogP contribution in [0.15, 0.2) is 24.3 Å². The monoisotopic (exact) mass is 223 g/mol. The minimum absolute atomic E-state index is 0.125. The number of rotatable bonds is 2. The Morgan fingerprint density at radius 3 is 2.56 bits per heavy atom. The Balaban J connectivity index is 2.94. The van der Waals surface area contributed by atoms with Crippen molar-refractivity contribution in [3.8, 4) is 0 Å². The topological polar surface area (TPSA) is 89.0 Å². The van der Waals surface area contributed by atoms with Crippen molar-refractivity contribution in [2.45, 2.75) is 6.92 Å². The molecule has 0 amide bonds. The van der Waals surface area contributed by atoms with Gasteiger partial charge in [0, 0.05) is 6.54 Å². The van der Waals surface area contributed by atoms with Crippen LogP contribution >= 0.6 is 0 Å². The average Bonchev–Trinajstić information content (AvgIpc) is 2.20. The molecule has 0 aliphatic rings. The van der Waals surface area contributed by atoms with Crippen molar-refractivity contribution in [2.75, 3.05) is 11.4 Å². The van der Waals surface area contributed by atoms with Gasteiger partial charge in [0.05, 0.1) is 5.69 Å². The standard InChI is InChI=1S/C10H14FN5/c1-2-16(10(14)15-9(12)13)8-6-4-3-5-7(8)11/h3-6H,2H2,1H3,(H5,12,13,14,15). The zero-order valence-corrected chi connectivity index (χ0v) is 8.92. The molecular formula is C10H14FN5. The number of para-hydroxylation sites is 1. The van der Waals surface area contributed by atoms with Crippen LogP contribution in [0.2, 0.25) is 0 Å². The first-order valence-corrected chi connectivity index (χ1v) is 4.78. The number of guanidine groups is 2. The molecule has 0 unspecified atom stereocenters. The van der Waals surface area contributed by atoms with Crippen LogP contribution in [0.25, 0.3) is 0 Å². The highest BCUT2D eigenvalue weighted by molar-refractivity contribution is 6.03. The highest BCUT2D eigenvalue weighted by Crippen LogP contribution is 2.17. The fourth-order valence-electron chi connectivity index (χ4n) is 1.31. The van der Waals surface area contributed by atoms with Crippen molar-refractivity contribution in [3.05, 3.63) is 30.1 Å². The number of anilines is 1. The molecule has 0 bridgehead atoms. The van der Waals surface area contributed by atoms with Crippen molar-refractivity contribution in [2.24, 2.45) is 5.73 Å². The van der Waals surface area contributed by atoms with Crippen molar-refractivity contribution >= 4 is 17.6 Å². The third-order valence-corrected chi connectivity index (χ3v) is 1.98. The van der Waals surface area contributed by atoms with Crippen molar-refractivity contribution < 1.29 is 4.39 Å². The van der Waals surface area contributed by atoms with E-state index in [0.717, 1.165) is 0 Å². The second kappa shape index (κ2) is 5.11. The lowest BCUT2D eigenvalue weighted by molar-refractivity contribution is 0.626. The van der Waals surface area contributed by atoms with E-state index in [9.17, 15) is 4.39 Å². The first kappa shape index (κ1) is 12.0. The molecule has 1 aromatic rings. The molecule has 16 heavy (non-hydrogen) atoms. The third-order valence-electron chi connectivity index (χ3n) is 1.98. The van der Waals surface area contributed by atoms with Gasteiger partial charge >= 0.3 is 0 Å². The predicted octanol–water partition coefficient (Wildman–Crippen LogP) is 1.07. The second-order valence-corrected chi connectivity index (χ2v) is 3.08. The van der Waals surface area contributed by atoms with Crippen LogP contribution in [-0.4, -0.2) is 18.5 Å². The molecular weight excluding hydrogens is 209 g/mol. The molecule has 6 heteroatoms. The summed E-state index contributed by atoms with van der Waals surface area (Å²) in [5.41, 5.74) is 5.39. The summed E-state index contributed by atoms with van der Waals surface area (Å²) in [5.74, 6) is -0.889. The molecule has 0 fully saturated rings. The van der Waals surface area contributed by atoms with E-state index >= 15 is 0 Å². The van der Waals surface area contributed by atoms with E-state index in [1.54, 1.807) is 25.1 Å². The molecule has 86 valence electrons. The molecule has 0 heterocycles. The molecule has 0 saturated carbocycles. The summed E-state index contributed by atoms with van der Waals surface area (Å²) in [7, 11) is 0. The van der Waals surface area contributed by atoms with E-state index in [-0.39, 0.29) is 17.6 Å². The maximum atomic E-state index is 13.5. The van der Waals surface area contributed by atoms with Crippen LogP contribution in [0.1, 0.15) is 6.92 Å². The maximum absolute atomic E-state index is 13.5. The van der Waals surface area contributed by atoms with Gasteiger partial charge in [0.1, 0.15) is 5.82 Å². The third kappa shape index (κ3) is 2.69. The Morgan fingerprint density at radius 1 is 1.44 bits per heavy atom. The van der Waals surface area contributed by atoms with E-state index in [1.807, 2.05) is 0 Å². The molecule has 0 atom stereocenters. The van der Waals surface area contributed by atoms with E-state index in [4.69, 9.17) is 16.6 Å². The number of halogens is 1. The summed E-state index contributed by atoms with van der Waals surface area (Å²) in [4.78, 5) is 1.39. The van der Waals surface area contributed by atoms with Crippen LogP contribution in [0.3, 0.4) is 0 Å². The van der Waals surface area contributed by atoms with Crippen LogP contribution in [0.5, 0.6) is 0 Å². The fraction of sp³-hybridized carbons (Fsp3) is 0.200. The lowest BCUT2D eigenvalue weighted by Gasteiger charge is -2.23. The predicted molar refractivity (Wildman–Crippen MR) is 62.2 cm³/mol. The van der Waals surface area contributed by atoms with Gasteiger partial charge in [-0.15, -0.1) is 0 Å². The fourth-order valence-corrected chi connectivity index (χ4v) is 1.31. The molecule has 5 nitrogen and oxygen atoms in total. The van der Waals surface area contributed by atoms with E-state index in [2.05, 4.69) is 5.32 Å². The first-order valence-electron chi connectivity index (χ1n) is 4.78. The Kier molecular flexibility index (Phi) is 3.82. The van der Waals surface area contributed by atoms with Gasteiger partial charge in [0.2, 0.25) is 5.96 Å². The molecule has 1 rings (SSSR count). The number of nitrogens with one attached hydrogen (secondary N) is 3. The number of hydrogen-bond donors (Lipinski definition) is 4. The zero-order chi connectivity index (χ0) is 12.1. The summed E-state index contributed by atoms with van der Waals surface area (Å²) < 4.78 is 13.5. The van der Waals surface area contributed by atoms with Crippen LogP contribution in [0.4, 0.5) is 10.1 Å². The summed E-state index contributed by atoms with van der Waals surface area (Å²) in [6, 6.07) is 6.14. The molecule has 0 aromatic heterocycles. The van der Waals surface area contributed by atoms with E-state index in [0.29, 0.717) is 6.54 Å². The number of nitrogens with two attached hydrogens (primary N) is 1. The van der Waals surface area contributed by atoms with Gasteiger partial charge < -0.3 is 10.6 Å². The minimum atomic E-state index is -0.417. The SMILES string of the molecule is CCN(C(=N)NC(=N)N)c1ccccc1F. The molecule has 0 saturated heterocycles. The van der Waals surface area contributed by atoms with Gasteiger partial charge in [-0.2, -0.15) is 0 Å². The van der Waals surface area contributed by atoms with Crippen LogP contribution < -0.4 is 16.0 Å². The minimum Gasteiger partial charge on any atom is -0.370 e. The average molecular weight is 223 g/mol. The maximum Gasteiger partial charge on any atom is 0.202 e. The highest BCUT2D eigenvalue weighted by atomic mass is 19.1. The van der Waals surface area contributed by atoms with Crippen LogP contribution in [0, 0.1) is 16.6 Å². The number of hydrogen-bond acceptors (Lipinski definition) is 2. The molecule has 0 radical (unpaired) electrons. The lowest BCUT2D eigenvalue weighted by atomic mass is 10.3. The Labute approximate surface area is 93.1 Å². The molecule has 1 aromatic carbocycles. The second-order valence-electron chi connectivity index (χ2n) is 3.08. The lowest BCUT2D eigenvalue weighted by Crippen LogP contribution is -2.46. The smallest absolute Gasteiger partial charge is 0.202 e. The Morgan fingerprint density at radius 2 is 2.06 bits per heavy atom. The van der Waals surface area contributed by atoms with Crippen molar-refractivity contribution in [3.63, 3.8) is 0 Å². The molecule has 0 spiro atoms. The van der Waals surface area contributed by atoms with E-state index < -0.39 is 5.82 Å². The first-order chi connectivity index (χ1) is 7.56. The molecule has 0 aliphatic heterocycles. The molecule has 0 aliphatic carbocycles. The summed E-state index contributed by atoms with van der Waals surface area (Å²) in [5, 5.41) is 17.0. The van der Waals surface area contributed by atoms with Gasteiger partial charge in [0.25, 0.3) is 0 Å². The quantitative estimate of drug-likeness (QED) is 0.446. The summed E-state index contributed by atoms with van der Waals surface area (Å²) in [6.07, 6.45) is 0. The van der Waals surface area contributed by atoms with Crippen molar-refractivity contribution in [1.82, 2.24) is 5.32 Å². The Hall–Kier alpha value is -2.11. The van der Waals surface area contributed by atoms with Gasteiger partial charge in [0.15, 0.2) is 5.96 Å². The van der Waals surface area contributed by atoms with E-state index in [1.165, 1.54) is 11.0 Å². The van der Waals surface area contributed by atoms with Gasteiger partial charge in [-0.1, -0.05) is 12.1 Å². The Bertz CT molecular complexity index is 404. The largest absolute Gasteiger partial charge is 0.370 e. The highest BCUT2D eigenvalue weighted by Gasteiger charge is 2.14. The van der Waals surface area contributed by atoms with Crippen LogP contribution in [-0.2, 0) is 0 Å². The van der Waals surface area contributed by atoms with Crippen molar-refractivity contribution in [1.29, 1.82) is 10.8 Å². The summed E-state index contributed by atoms with van der Waals surface area (Å²) in [6.45, 7) is 2.18. The molecule has 5 N–H and O–H groups in total.